The van der Waals surface area contributed by atoms with E-state index in [4.69, 9.17) is 10.5 Å². The Hall–Kier alpha value is -1.59. The number of nitrogens with zero attached hydrogens (tertiary/aromatic N) is 2. The average Bonchev–Trinajstić information content (AvgIpc) is 2.50. The number of hydrogen-bond acceptors (Lipinski definition) is 5. The number of para-hydroxylation sites is 2. The molecule has 0 amide bonds. The second-order valence-corrected chi connectivity index (χ2v) is 5.56. The minimum Gasteiger partial charge on any atom is -0.475 e. The van der Waals surface area contributed by atoms with Gasteiger partial charge in [-0.1, -0.05) is 12.1 Å². The first-order chi connectivity index (χ1) is 10.3. The molecule has 2 aromatic rings. The molecule has 0 atom stereocenters. The molecule has 1 fully saturated rings. The summed E-state index contributed by atoms with van der Waals surface area (Å²) in [5.74, 6) is 1.34. The van der Waals surface area contributed by atoms with Gasteiger partial charge in [-0.25, -0.2) is 9.97 Å². The lowest BCUT2D eigenvalue weighted by atomic mass is 9.92. The molecule has 5 nitrogen and oxygen atoms in total. The van der Waals surface area contributed by atoms with Crippen LogP contribution in [0.2, 0.25) is 0 Å². The minimum atomic E-state index is 0. The van der Waals surface area contributed by atoms with Crippen molar-refractivity contribution >= 4 is 29.3 Å². The molecule has 22 heavy (non-hydrogen) atoms. The summed E-state index contributed by atoms with van der Waals surface area (Å²) in [6.07, 6.45) is 4.26. The minimum absolute atomic E-state index is 0. The Balaban J connectivity index is 0.00000176. The van der Waals surface area contributed by atoms with Gasteiger partial charge in [-0.05, 0) is 44.7 Å². The fourth-order valence-corrected chi connectivity index (χ4v) is 2.77. The highest BCUT2D eigenvalue weighted by Gasteiger charge is 2.20. The molecular formula is C16H23ClN4O. The van der Waals surface area contributed by atoms with Crippen molar-refractivity contribution in [2.24, 2.45) is 5.73 Å². The molecule has 0 unspecified atom stereocenters. The Morgan fingerprint density at radius 3 is 2.41 bits per heavy atom. The second-order valence-electron chi connectivity index (χ2n) is 5.56. The lowest BCUT2D eigenvalue weighted by molar-refractivity contribution is 0.327. The molecule has 3 rings (SSSR count). The number of benzene rings is 1. The predicted molar refractivity (Wildman–Crippen MR) is 91.8 cm³/mol. The molecule has 3 N–H and O–H groups in total. The van der Waals surface area contributed by atoms with Gasteiger partial charge in [-0.15, -0.1) is 12.4 Å². The van der Waals surface area contributed by atoms with Crippen molar-refractivity contribution in [3.8, 4) is 5.88 Å². The highest BCUT2D eigenvalue weighted by molar-refractivity contribution is 5.85. The SMILES string of the molecule is CCOc1nc2ccccc2nc1NC1CCC(N)CC1.Cl. The summed E-state index contributed by atoms with van der Waals surface area (Å²) >= 11 is 0. The Labute approximate surface area is 137 Å². The van der Waals surface area contributed by atoms with Crippen LogP contribution in [-0.2, 0) is 0 Å². The first kappa shape index (κ1) is 16.8. The summed E-state index contributed by atoms with van der Waals surface area (Å²) < 4.78 is 5.65. The first-order valence-corrected chi connectivity index (χ1v) is 7.68. The smallest absolute Gasteiger partial charge is 0.258 e. The summed E-state index contributed by atoms with van der Waals surface area (Å²) in [7, 11) is 0. The van der Waals surface area contributed by atoms with Gasteiger partial charge in [0.1, 0.15) is 0 Å². The van der Waals surface area contributed by atoms with E-state index in [1.807, 2.05) is 31.2 Å². The van der Waals surface area contributed by atoms with Gasteiger partial charge >= 0.3 is 0 Å². The summed E-state index contributed by atoms with van der Waals surface area (Å²) in [5.41, 5.74) is 7.71. The Morgan fingerprint density at radius 2 is 1.77 bits per heavy atom. The van der Waals surface area contributed by atoms with E-state index in [9.17, 15) is 0 Å². The second kappa shape index (κ2) is 7.61. The van der Waals surface area contributed by atoms with E-state index in [-0.39, 0.29) is 12.4 Å². The predicted octanol–water partition coefficient (Wildman–Crippen LogP) is 3.13. The van der Waals surface area contributed by atoms with Gasteiger partial charge in [0, 0.05) is 12.1 Å². The van der Waals surface area contributed by atoms with Crippen molar-refractivity contribution in [2.45, 2.75) is 44.7 Å². The maximum atomic E-state index is 5.96. The van der Waals surface area contributed by atoms with Crippen LogP contribution < -0.4 is 15.8 Å². The number of halogens is 1. The number of nitrogens with one attached hydrogen (secondary N) is 1. The molecular weight excluding hydrogens is 300 g/mol. The standard InChI is InChI=1S/C16H22N4O.ClH/c1-2-21-16-15(18-12-9-7-11(17)8-10-12)19-13-5-3-4-6-14(13)20-16;/h3-6,11-12H,2,7-10,17H2,1H3,(H,18,19);1H. The van der Waals surface area contributed by atoms with Crippen molar-refractivity contribution in [3.05, 3.63) is 24.3 Å². The van der Waals surface area contributed by atoms with Crippen LogP contribution in [0, 0.1) is 0 Å². The largest absolute Gasteiger partial charge is 0.475 e. The van der Waals surface area contributed by atoms with Crippen molar-refractivity contribution in [1.29, 1.82) is 0 Å². The number of fused-ring (bicyclic) bond motifs is 1. The summed E-state index contributed by atoms with van der Waals surface area (Å²) in [6.45, 7) is 2.54. The Morgan fingerprint density at radius 1 is 1.14 bits per heavy atom. The zero-order valence-electron chi connectivity index (χ0n) is 12.8. The number of rotatable bonds is 4. The first-order valence-electron chi connectivity index (χ1n) is 7.68. The highest BCUT2D eigenvalue weighted by Crippen LogP contribution is 2.27. The van der Waals surface area contributed by atoms with Crippen molar-refractivity contribution in [3.63, 3.8) is 0 Å². The molecule has 1 aliphatic carbocycles. The van der Waals surface area contributed by atoms with Crippen LogP contribution in [0.4, 0.5) is 5.82 Å². The van der Waals surface area contributed by atoms with E-state index in [1.54, 1.807) is 0 Å². The normalized spacial score (nSPS) is 21.2. The number of ether oxygens (including phenoxy) is 1. The molecule has 0 radical (unpaired) electrons. The molecule has 1 aromatic carbocycles. The third kappa shape index (κ3) is 3.78. The monoisotopic (exact) mass is 322 g/mol. The highest BCUT2D eigenvalue weighted by atomic mass is 35.5. The fraction of sp³-hybridized carbons (Fsp3) is 0.500. The molecule has 0 saturated heterocycles. The molecule has 0 spiro atoms. The molecule has 1 aliphatic rings. The van der Waals surface area contributed by atoms with Crippen molar-refractivity contribution in [2.75, 3.05) is 11.9 Å². The van der Waals surface area contributed by atoms with E-state index < -0.39 is 0 Å². The fourth-order valence-electron chi connectivity index (χ4n) is 2.77. The molecule has 1 heterocycles. The third-order valence-electron chi connectivity index (χ3n) is 3.93. The van der Waals surface area contributed by atoms with Crippen LogP contribution in [-0.4, -0.2) is 28.7 Å². The van der Waals surface area contributed by atoms with E-state index in [2.05, 4.69) is 15.3 Å². The topological polar surface area (TPSA) is 73.1 Å². The zero-order valence-corrected chi connectivity index (χ0v) is 13.6. The molecule has 6 heteroatoms. The molecule has 1 aromatic heterocycles. The van der Waals surface area contributed by atoms with Gasteiger partial charge in [-0.2, -0.15) is 0 Å². The Kier molecular flexibility index (Phi) is 5.80. The maximum Gasteiger partial charge on any atom is 0.258 e. The van der Waals surface area contributed by atoms with E-state index in [1.165, 1.54) is 0 Å². The van der Waals surface area contributed by atoms with Crippen molar-refractivity contribution < 1.29 is 4.74 Å². The van der Waals surface area contributed by atoms with Gasteiger partial charge in [0.25, 0.3) is 5.88 Å². The van der Waals surface area contributed by atoms with E-state index in [0.29, 0.717) is 24.6 Å². The van der Waals surface area contributed by atoms with Crippen LogP contribution in [0.15, 0.2) is 24.3 Å². The van der Waals surface area contributed by atoms with Gasteiger partial charge in [0.15, 0.2) is 5.82 Å². The van der Waals surface area contributed by atoms with Crippen LogP contribution in [0.25, 0.3) is 11.0 Å². The molecule has 0 aliphatic heterocycles. The van der Waals surface area contributed by atoms with E-state index >= 15 is 0 Å². The molecule has 120 valence electrons. The quantitative estimate of drug-likeness (QED) is 0.904. The van der Waals surface area contributed by atoms with Gasteiger partial charge < -0.3 is 15.8 Å². The van der Waals surface area contributed by atoms with Crippen LogP contribution in [0.3, 0.4) is 0 Å². The van der Waals surface area contributed by atoms with Crippen LogP contribution in [0.5, 0.6) is 5.88 Å². The van der Waals surface area contributed by atoms with Gasteiger partial charge in [0.2, 0.25) is 0 Å². The number of nitrogens with two attached hydrogens (primary N) is 1. The summed E-state index contributed by atoms with van der Waals surface area (Å²) in [4.78, 5) is 9.25. The third-order valence-corrected chi connectivity index (χ3v) is 3.93. The molecule has 1 saturated carbocycles. The maximum absolute atomic E-state index is 5.96. The number of hydrogen-bond donors (Lipinski definition) is 2. The lowest BCUT2D eigenvalue weighted by Gasteiger charge is -2.27. The number of aromatic nitrogens is 2. The summed E-state index contributed by atoms with van der Waals surface area (Å²) in [5, 5.41) is 3.49. The molecule has 0 bridgehead atoms. The zero-order chi connectivity index (χ0) is 14.7. The van der Waals surface area contributed by atoms with Gasteiger partial charge in [-0.3, -0.25) is 0 Å². The van der Waals surface area contributed by atoms with Crippen LogP contribution >= 0.6 is 12.4 Å². The van der Waals surface area contributed by atoms with E-state index in [0.717, 1.165) is 42.5 Å². The average molecular weight is 323 g/mol. The van der Waals surface area contributed by atoms with Crippen molar-refractivity contribution in [1.82, 2.24) is 9.97 Å². The Bertz CT molecular complexity index is 614. The number of anilines is 1. The summed E-state index contributed by atoms with van der Waals surface area (Å²) in [6, 6.07) is 8.61. The van der Waals surface area contributed by atoms with Gasteiger partial charge in [0.05, 0.1) is 17.6 Å². The van der Waals surface area contributed by atoms with Crippen LogP contribution in [0.1, 0.15) is 32.6 Å². The lowest BCUT2D eigenvalue weighted by Crippen LogP contribution is -2.33.